The average Bonchev–Trinajstić information content (AvgIpc) is 3.18. The van der Waals surface area contributed by atoms with Crippen LogP contribution >= 0.6 is 0 Å². The van der Waals surface area contributed by atoms with Crippen molar-refractivity contribution in [2.75, 3.05) is 6.54 Å². The van der Waals surface area contributed by atoms with E-state index in [-0.39, 0.29) is 0 Å². The summed E-state index contributed by atoms with van der Waals surface area (Å²) in [6.07, 6.45) is 7.84. The number of imidazole rings is 1. The quantitative estimate of drug-likeness (QED) is 0.856. The largest absolute Gasteiger partial charge is 0.329 e. The Labute approximate surface area is 123 Å². The lowest BCUT2D eigenvalue weighted by Gasteiger charge is -2.22. The van der Waals surface area contributed by atoms with E-state index in [0.29, 0.717) is 6.04 Å². The first-order valence-electron chi connectivity index (χ1n) is 8.47. The molecule has 0 bridgehead atoms. The molecule has 1 aliphatic heterocycles. The van der Waals surface area contributed by atoms with Crippen molar-refractivity contribution in [1.29, 1.82) is 0 Å². The van der Waals surface area contributed by atoms with Crippen LogP contribution in [-0.2, 0) is 13.0 Å². The molecular formula is C17H29N3. The Balaban J connectivity index is 1.77. The van der Waals surface area contributed by atoms with E-state index in [9.17, 15) is 0 Å². The molecule has 0 amide bonds. The average molecular weight is 275 g/mol. The van der Waals surface area contributed by atoms with E-state index >= 15 is 0 Å². The smallest absolute Gasteiger partial charge is 0.112 e. The van der Waals surface area contributed by atoms with Crippen molar-refractivity contribution >= 4 is 0 Å². The number of nitrogens with one attached hydrogen (secondary N) is 1. The Morgan fingerprint density at radius 3 is 2.75 bits per heavy atom. The van der Waals surface area contributed by atoms with Crippen LogP contribution in [0.2, 0.25) is 0 Å². The van der Waals surface area contributed by atoms with Gasteiger partial charge < -0.3 is 9.88 Å². The van der Waals surface area contributed by atoms with E-state index in [1.54, 1.807) is 0 Å². The van der Waals surface area contributed by atoms with Crippen molar-refractivity contribution < 1.29 is 0 Å². The summed E-state index contributed by atoms with van der Waals surface area (Å²) in [5.41, 5.74) is 2.86. The SMILES string of the molecule is CC(C)CCCC(C)n1c(C2CC2)nc2c1CCNC2. The van der Waals surface area contributed by atoms with Crippen LogP contribution in [0.25, 0.3) is 0 Å². The minimum atomic E-state index is 0.624. The van der Waals surface area contributed by atoms with E-state index in [4.69, 9.17) is 4.98 Å². The van der Waals surface area contributed by atoms with Crippen LogP contribution in [0.1, 0.15) is 82.0 Å². The molecule has 2 aliphatic rings. The predicted molar refractivity (Wildman–Crippen MR) is 83.0 cm³/mol. The van der Waals surface area contributed by atoms with Crippen molar-refractivity contribution in [3.05, 3.63) is 17.2 Å². The molecule has 3 heteroatoms. The van der Waals surface area contributed by atoms with Gasteiger partial charge in [0, 0.05) is 37.2 Å². The maximum absolute atomic E-state index is 4.98. The predicted octanol–water partition coefficient (Wildman–Crippen LogP) is 3.79. The van der Waals surface area contributed by atoms with Crippen molar-refractivity contribution in [2.24, 2.45) is 5.92 Å². The van der Waals surface area contributed by atoms with Gasteiger partial charge >= 0.3 is 0 Å². The lowest BCUT2D eigenvalue weighted by Crippen LogP contribution is -2.25. The maximum Gasteiger partial charge on any atom is 0.112 e. The molecule has 0 saturated heterocycles. The van der Waals surface area contributed by atoms with Gasteiger partial charge in [-0.3, -0.25) is 0 Å². The van der Waals surface area contributed by atoms with Gasteiger partial charge in [0.05, 0.1) is 5.69 Å². The second-order valence-electron chi connectivity index (χ2n) is 7.11. The minimum Gasteiger partial charge on any atom is -0.329 e. The molecule has 1 atom stereocenters. The van der Waals surface area contributed by atoms with Gasteiger partial charge in [0.1, 0.15) is 5.82 Å². The molecule has 0 spiro atoms. The third-order valence-corrected chi connectivity index (χ3v) is 4.74. The molecule has 112 valence electrons. The van der Waals surface area contributed by atoms with Crippen LogP contribution in [0.4, 0.5) is 0 Å². The summed E-state index contributed by atoms with van der Waals surface area (Å²) in [4.78, 5) is 4.98. The van der Waals surface area contributed by atoms with Crippen molar-refractivity contribution in [3.8, 4) is 0 Å². The molecule has 1 fully saturated rings. The van der Waals surface area contributed by atoms with E-state index in [1.807, 2.05) is 0 Å². The van der Waals surface area contributed by atoms with Gasteiger partial charge in [-0.1, -0.05) is 26.7 Å². The summed E-state index contributed by atoms with van der Waals surface area (Å²) in [7, 11) is 0. The van der Waals surface area contributed by atoms with Gasteiger partial charge in [-0.2, -0.15) is 0 Å². The summed E-state index contributed by atoms with van der Waals surface area (Å²) in [6.45, 7) is 9.13. The second-order valence-corrected chi connectivity index (χ2v) is 7.11. The highest BCUT2D eigenvalue weighted by Gasteiger charge is 2.33. The second kappa shape index (κ2) is 5.88. The van der Waals surface area contributed by atoms with Crippen LogP contribution in [0, 0.1) is 5.92 Å². The molecule has 1 saturated carbocycles. The standard InChI is InChI=1S/C17H29N3/c1-12(2)5-4-6-13(3)20-16-9-10-18-11-15(16)19-17(20)14-7-8-14/h12-14,18H,4-11H2,1-3H3. The maximum atomic E-state index is 4.98. The zero-order valence-electron chi connectivity index (χ0n) is 13.3. The summed E-state index contributed by atoms with van der Waals surface area (Å²) in [5.74, 6) is 2.98. The number of fused-ring (bicyclic) bond motifs is 1. The highest BCUT2D eigenvalue weighted by molar-refractivity contribution is 5.24. The molecule has 1 aromatic rings. The number of nitrogens with zero attached hydrogens (tertiary/aromatic N) is 2. The Hall–Kier alpha value is -0.830. The van der Waals surface area contributed by atoms with Gasteiger partial charge in [0.25, 0.3) is 0 Å². The molecule has 2 heterocycles. The zero-order valence-corrected chi connectivity index (χ0v) is 13.3. The molecule has 0 radical (unpaired) electrons. The molecule has 1 N–H and O–H groups in total. The van der Waals surface area contributed by atoms with Crippen LogP contribution < -0.4 is 5.32 Å². The van der Waals surface area contributed by atoms with Gasteiger partial charge in [-0.15, -0.1) is 0 Å². The summed E-state index contributed by atoms with van der Waals surface area (Å²) in [6, 6.07) is 0.624. The van der Waals surface area contributed by atoms with Gasteiger partial charge in [-0.25, -0.2) is 4.98 Å². The fourth-order valence-electron chi connectivity index (χ4n) is 3.43. The molecule has 20 heavy (non-hydrogen) atoms. The lowest BCUT2D eigenvalue weighted by molar-refractivity contribution is 0.425. The summed E-state index contributed by atoms with van der Waals surface area (Å²) < 4.78 is 2.62. The Kier molecular flexibility index (Phi) is 4.16. The minimum absolute atomic E-state index is 0.624. The molecule has 3 nitrogen and oxygen atoms in total. The molecule has 3 rings (SSSR count). The van der Waals surface area contributed by atoms with Gasteiger partial charge in [0.15, 0.2) is 0 Å². The van der Waals surface area contributed by atoms with Crippen LogP contribution in [0.3, 0.4) is 0 Å². The molecule has 1 aliphatic carbocycles. The van der Waals surface area contributed by atoms with E-state index in [2.05, 4.69) is 30.7 Å². The molecular weight excluding hydrogens is 246 g/mol. The molecule has 1 unspecified atom stereocenters. The fraction of sp³-hybridized carbons (Fsp3) is 0.824. The number of hydrogen-bond donors (Lipinski definition) is 1. The topological polar surface area (TPSA) is 29.9 Å². The van der Waals surface area contributed by atoms with E-state index in [1.165, 1.54) is 49.3 Å². The van der Waals surface area contributed by atoms with Crippen molar-refractivity contribution in [1.82, 2.24) is 14.9 Å². The Bertz CT molecular complexity index is 457. The summed E-state index contributed by atoms with van der Waals surface area (Å²) >= 11 is 0. The first kappa shape index (κ1) is 14.1. The molecule has 0 aromatic carbocycles. The third-order valence-electron chi connectivity index (χ3n) is 4.74. The fourth-order valence-corrected chi connectivity index (χ4v) is 3.43. The normalized spacial score (nSPS) is 20.2. The van der Waals surface area contributed by atoms with E-state index < -0.39 is 0 Å². The highest BCUT2D eigenvalue weighted by atomic mass is 15.1. The monoisotopic (exact) mass is 275 g/mol. The van der Waals surface area contributed by atoms with Crippen LogP contribution in [-0.4, -0.2) is 16.1 Å². The Morgan fingerprint density at radius 1 is 1.25 bits per heavy atom. The number of hydrogen-bond acceptors (Lipinski definition) is 2. The zero-order chi connectivity index (χ0) is 14.1. The van der Waals surface area contributed by atoms with Crippen LogP contribution in [0.5, 0.6) is 0 Å². The third kappa shape index (κ3) is 2.93. The van der Waals surface area contributed by atoms with Crippen molar-refractivity contribution in [2.45, 2.75) is 77.8 Å². The lowest BCUT2D eigenvalue weighted by atomic mass is 10.0. The molecule has 1 aromatic heterocycles. The van der Waals surface area contributed by atoms with Gasteiger partial charge in [-0.05, 0) is 32.1 Å². The summed E-state index contributed by atoms with van der Waals surface area (Å²) in [5, 5.41) is 3.46. The van der Waals surface area contributed by atoms with Crippen molar-refractivity contribution in [3.63, 3.8) is 0 Å². The highest BCUT2D eigenvalue weighted by Crippen LogP contribution is 2.42. The van der Waals surface area contributed by atoms with E-state index in [0.717, 1.165) is 31.3 Å². The number of rotatable bonds is 6. The van der Waals surface area contributed by atoms with Crippen LogP contribution in [0.15, 0.2) is 0 Å². The Morgan fingerprint density at radius 2 is 2.05 bits per heavy atom. The first-order valence-corrected chi connectivity index (χ1v) is 8.47. The first-order chi connectivity index (χ1) is 9.66. The van der Waals surface area contributed by atoms with Gasteiger partial charge in [0.2, 0.25) is 0 Å². The number of aromatic nitrogens is 2.